The summed E-state index contributed by atoms with van der Waals surface area (Å²) in [5.41, 5.74) is -2.25. The van der Waals surface area contributed by atoms with E-state index in [9.17, 15) is 28.3 Å². The predicted octanol–water partition coefficient (Wildman–Crippen LogP) is 0.305. The lowest BCUT2D eigenvalue weighted by atomic mass is 9.95. The number of aliphatic hydroxyl groups is 1. The zero-order valence-electron chi connectivity index (χ0n) is 15.5. The number of carbonyl (C=O) groups excluding carboxylic acids is 1. The van der Waals surface area contributed by atoms with Crippen molar-refractivity contribution in [3.05, 3.63) is 40.4 Å². The van der Waals surface area contributed by atoms with E-state index in [2.05, 4.69) is 5.10 Å². The van der Waals surface area contributed by atoms with Crippen LogP contribution in [-0.2, 0) is 14.3 Å². The van der Waals surface area contributed by atoms with E-state index >= 15 is 0 Å². The van der Waals surface area contributed by atoms with E-state index in [1.54, 1.807) is 6.92 Å². The number of anilines is 1. The number of amides is 1. The molecule has 2 aromatic heterocycles. The number of halogens is 2. The molecular weight excluding hydrogens is 394 g/mol. The number of aryl methyl sites for hydroxylation is 1. The number of carboxylic acid groups (broad SMARTS) is 1. The molecule has 3 rings (SSSR count). The zero-order chi connectivity index (χ0) is 21.5. The number of morpholine rings is 1. The van der Waals surface area contributed by atoms with Crippen molar-refractivity contribution >= 4 is 17.7 Å². The van der Waals surface area contributed by atoms with E-state index in [-0.39, 0.29) is 29.2 Å². The Kier molecular flexibility index (Phi) is 5.24. The monoisotopic (exact) mass is 412 g/mol. The molecule has 29 heavy (non-hydrogen) atoms. The van der Waals surface area contributed by atoms with Crippen LogP contribution in [0.1, 0.15) is 19.2 Å². The van der Waals surface area contributed by atoms with Gasteiger partial charge in [0.1, 0.15) is 0 Å². The molecule has 10 nitrogen and oxygen atoms in total. The molecule has 2 atom stereocenters. The summed E-state index contributed by atoms with van der Waals surface area (Å²) in [6, 6.07) is 3.78. The number of aliphatic carboxylic acids is 1. The first-order chi connectivity index (χ1) is 13.6. The number of nitrogens with zero attached hydrogens (tertiary/aromatic N) is 4. The first-order valence-corrected chi connectivity index (χ1v) is 8.50. The van der Waals surface area contributed by atoms with Gasteiger partial charge < -0.3 is 14.9 Å². The highest BCUT2D eigenvalue weighted by atomic mass is 19.3. The van der Waals surface area contributed by atoms with E-state index in [4.69, 9.17) is 9.84 Å². The molecule has 1 aliphatic heterocycles. The summed E-state index contributed by atoms with van der Waals surface area (Å²) >= 11 is 0. The first-order valence-electron chi connectivity index (χ1n) is 8.50. The Hall–Kier alpha value is -3.12. The van der Waals surface area contributed by atoms with Gasteiger partial charge in [0.05, 0.1) is 18.8 Å². The van der Waals surface area contributed by atoms with Gasteiger partial charge in [-0.3, -0.25) is 19.1 Å². The number of rotatable bonds is 5. The van der Waals surface area contributed by atoms with Crippen LogP contribution in [0.5, 0.6) is 0 Å². The third kappa shape index (κ3) is 3.51. The second-order valence-electron chi connectivity index (χ2n) is 6.62. The van der Waals surface area contributed by atoms with E-state index in [0.717, 1.165) is 17.2 Å². The molecule has 1 saturated heterocycles. The summed E-state index contributed by atoms with van der Waals surface area (Å²) in [6.45, 7) is -0.243. The van der Waals surface area contributed by atoms with Gasteiger partial charge in [-0.05, 0) is 19.9 Å². The quantitative estimate of drug-likeness (QED) is 0.723. The summed E-state index contributed by atoms with van der Waals surface area (Å²) in [5, 5.41) is 23.2. The van der Waals surface area contributed by atoms with Gasteiger partial charge >= 0.3 is 12.5 Å². The first kappa shape index (κ1) is 20.6. The summed E-state index contributed by atoms with van der Waals surface area (Å²) in [4.78, 5) is 36.6. The number of ether oxygens (including phenoxy) is 1. The second kappa shape index (κ2) is 7.37. The highest BCUT2D eigenvalue weighted by molar-refractivity contribution is 6.02. The third-order valence-corrected chi connectivity index (χ3v) is 4.67. The van der Waals surface area contributed by atoms with Crippen molar-refractivity contribution in [1.29, 1.82) is 0 Å². The van der Waals surface area contributed by atoms with Gasteiger partial charge in [0, 0.05) is 24.0 Å². The fourth-order valence-electron chi connectivity index (χ4n) is 3.05. The van der Waals surface area contributed by atoms with Crippen LogP contribution in [0.15, 0.2) is 29.2 Å². The Morgan fingerprint density at radius 1 is 1.34 bits per heavy atom. The zero-order valence-corrected chi connectivity index (χ0v) is 15.5. The molecule has 0 saturated carbocycles. The van der Waals surface area contributed by atoms with Crippen molar-refractivity contribution in [2.24, 2.45) is 0 Å². The molecule has 12 heteroatoms. The molecule has 0 bridgehead atoms. The average Bonchev–Trinajstić information content (AvgIpc) is 3.05. The molecule has 0 spiro atoms. The number of aliphatic hydroxyl groups excluding tert-OH is 1. The minimum absolute atomic E-state index is 0.0469. The number of hydrogen-bond donors (Lipinski definition) is 2. The second-order valence-corrected chi connectivity index (χ2v) is 6.62. The lowest BCUT2D eigenvalue weighted by molar-refractivity contribution is -0.181. The third-order valence-electron chi connectivity index (χ3n) is 4.67. The minimum Gasteiger partial charge on any atom is -0.479 e. The number of pyridine rings is 1. The van der Waals surface area contributed by atoms with Crippen LogP contribution in [0.25, 0.3) is 5.69 Å². The SMILES string of the molecule is Cc1cc(N2CCO[C@](C)(C(O)C(=O)O)C2=O)nn1-c1ccc(=O)n(C(F)F)c1. The molecule has 2 N–H and O–H groups in total. The molecule has 1 amide bonds. The summed E-state index contributed by atoms with van der Waals surface area (Å²) in [5.74, 6) is -2.30. The largest absolute Gasteiger partial charge is 0.479 e. The van der Waals surface area contributed by atoms with Crippen molar-refractivity contribution in [2.45, 2.75) is 32.1 Å². The molecule has 0 radical (unpaired) electrons. The van der Waals surface area contributed by atoms with Gasteiger partial charge in [0.2, 0.25) is 0 Å². The van der Waals surface area contributed by atoms with E-state index in [1.807, 2.05) is 0 Å². The molecule has 156 valence electrons. The average molecular weight is 412 g/mol. The van der Waals surface area contributed by atoms with Gasteiger partial charge in [-0.1, -0.05) is 0 Å². The Morgan fingerprint density at radius 3 is 2.66 bits per heavy atom. The number of hydrogen-bond acceptors (Lipinski definition) is 6. The molecule has 0 aliphatic carbocycles. The van der Waals surface area contributed by atoms with Gasteiger partial charge in [-0.15, -0.1) is 5.10 Å². The molecule has 1 fully saturated rings. The van der Waals surface area contributed by atoms with E-state index < -0.39 is 35.7 Å². The summed E-state index contributed by atoms with van der Waals surface area (Å²) in [6.07, 6.45) is -1.15. The van der Waals surface area contributed by atoms with Crippen molar-refractivity contribution in [3.8, 4) is 5.69 Å². The van der Waals surface area contributed by atoms with Gasteiger partial charge in [0.15, 0.2) is 17.5 Å². The Morgan fingerprint density at radius 2 is 2.03 bits per heavy atom. The molecule has 1 aliphatic rings. The number of aromatic nitrogens is 3. The normalized spacial score (nSPS) is 20.9. The molecule has 3 heterocycles. The van der Waals surface area contributed by atoms with Crippen molar-refractivity contribution in [2.75, 3.05) is 18.1 Å². The van der Waals surface area contributed by atoms with Crippen LogP contribution in [0.2, 0.25) is 0 Å². The van der Waals surface area contributed by atoms with Crippen LogP contribution in [0, 0.1) is 6.92 Å². The maximum Gasteiger partial charge on any atom is 0.336 e. The van der Waals surface area contributed by atoms with Crippen LogP contribution in [0.4, 0.5) is 14.6 Å². The van der Waals surface area contributed by atoms with Gasteiger partial charge in [0.25, 0.3) is 11.5 Å². The molecular formula is C17H18F2N4O6. The van der Waals surface area contributed by atoms with Gasteiger partial charge in [-0.25, -0.2) is 9.48 Å². The molecule has 1 unspecified atom stereocenters. The van der Waals surface area contributed by atoms with Crippen molar-refractivity contribution in [3.63, 3.8) is 0 Å². The van der Waals surface area contributed by atoms with E-state index in [0.29, 0.717) is 5.69 Å². The lowest BCUT2D eigenvalue weighted by Crippen LogP contribution is -2.63. The van der Waals surface area contributed by atoms with Crippen LogP contribution >= 0.6 is 0 Å². The Labute approximate surface area is 162 Å². The van der Waals surface area contributed by atoms with Crippen LogP contribution in [-0.4, -0.2) is 61.3 Å². The smallest absolute Gasteiger partial charge is 0.336 e. The van der Waals surface area contributed by atoms with Crippen LogP contribution in [0.3, 0.4) is 0 Å². The minimum atomic E-state index is -3.03. The van der Waals surface area contributed by atoms with Crippen molar-refractivity contribution in [1.82, 2.24) is 14.3 Å². The topological polar surface area (TPSA) is 127 Å². The van der Waals surface area contributed by atoms with E-state index in [1.165, 1.54) is 23.7 Å². The Bertz CT molecular complexity index is 1020. The number of carboxylic acids is 1. The number of carbonyl (C=O) groups is 2. The van der Waals surface area contributed by atoms with Gasteiger partial charge in [-0.2, -0.15) is 8.78 Å². The highest BCUT2D eigenvalue weighted by Crippen LogP contribution is 2.28. The number of alkyl halides is 2. The van der Waals surface area contributed by atoms with Crippen LogP contribution < -0.4 is 10.5 Å². The highest BCUT2D eigenvalue weighted by Gasteiger charge is 2.51. The summed E-state index contributed by atoms with van der Waals surface area (Å²) < 4.78 is 32.7. The van der Waals surface area contributed by atoms with Crippen molar-refractivity contribution < 1.29 is 33.3 Å². The Balaban J connectivity index is 1.98. The predicted molar refractivity (Wildman–Crippen MR) is 94.2 cm³/mol. The molecule has 0 aromatic carbocycles. The maximum absolute atomic E-state index is 13.0. The fourth-order valence-corrected chi connectivity index (χ4v) is 3.05. The standard InChI is InChI=1S/C17H18F2N4O6/c1-9-7-11(20-23(9)10-3-4-12(24)22(8-10)16(18)19)21-5-6-29-17(2,15(21)28)13(25)14(26)27/h3-4,7-8,13,16,25H,5-6H2,1-2H3,(H,26,27)/t13?,17-/m1/s1. The summed E-state index contributed by atoms with van der Waals surface area (Å²) in [7, 11) is 0. The maximum atomic E-state index is 13.0. The molecule has 2 aromatic rings. The lowest BCUT2D eigenvalue weighted by Gasteiger charge is -2.39. The fraction of sp³-hybridized carbons (Fsp3) is 0.412.